The van der Waals surface area contributed by atoms with Crippen LogP contribution in [0.4, 0.5) is 11.4 Å². The number of carbonyl (C=O) groups is 2. The van der Waals surface area contributed by atoms with Gasteiger partial charge in [-0.3, -0.25) is 14.5 Å². The average molecular weight is 503 g/mol. The van der Waals surface area contributed by atoms with Gasteiger partial charge in [0, 0.05) is 16.3 Å². The van der Waals surface area contributed by atoms with Crippen molar-refractivity contribution in [1.29, 1.82) is 0 Å². The normalized spacial score (nSPS) is 17.3. The molecule has 0 fully saturated rings. The van der Waals surface area contributed by atoms with Crippen molar-refractivity contribution in [2.24, 2.45) is 9.98 Å². The molecule has 2 unspecified atom stereocenters. The second kappa shape index (κ2) is 9.68. The predicted molar refractivity (Wildman–Crippen MR) is 143 cm³/mol. The Kier molecular flexibility index (Phi) is 6.45. The van der Waals surface area contributed by atoms with Gasteiger partial charge in [0.25, 0.3) is 5.91 Å². The number of amidine groups is 2. The number of rotatable bonds is 5. The summed E-state index contributed by atoms with van der Waals surface area (Å²) in [5, 5.41) is 3.70. The molecule has 0 bridgehead atoms. The standard InChI is InChI=1S/C27H23ClN4O2S/c1-3-22(25(33)29-18-14-13-16(2)20(28)15-18)35-27-30-21-12-8-7-11-19(21)24-31-26(34)23(32(24)27)17-9-5-4-6-10-17/h4-15,22-23H,3H2,1-2H3,(H,29,33). The molecule has 2 aliphatic heterocycles. The van der Waals surface area contributed by atoms with Crippen LogP contribution in [0.25, 0.3) is 0 Å². The van der Waals surface area contributed by atoms with E-state index in [-0.39, 0.29) is 11.8 Å². The Morgan fingerprint density at radius 1 is 1.09 bits per heavy atom. The molecule has 2 heterocycles. The van der Waals surface area contributed by atoms with Crippen molar-refractivity contribution in [2.45, 2.75) is 31.6 Å². The maximum atomic E-state index is 13.2. The van der Waals surface area contributed by atoms with E-state index >= 15 is 0 Å². The largest absolute Gasteiger partial charge is 0.325 e. The Bertz CT molecular complexity index is 1370. The summed E-state index contributed by atoms with van der Waals surface area (Å²) in [6.07, 6.45) is 0.570. The van der Waals surface area contributed by atoms with Gasteiger partial charge < -0.3 is 5.32 Å². The van der Waals surface area contributed by atoms with Gasteiger partial charge >= 0.3 is 0 Å². The summed E-state index contributed by atoms with van der Waals surface area (Å²) in [4.78, 5) is 37.5. The van der Waals surface area contributed by atoms with Crippen molar-refractivity contribution in [3.8, 4) is 0 Å². The lowest BCUT2D eigenvalue weighted by atomic mass is 10.0. The van der Waals surface area contributed by atoms with Gasteiger partial charge in [-0.05, 0) is 48.7 Å². The number of anilines is 1. The smallest absolute Gasteiger partial charge is 0.275 e. The molecule has 8 heteroatoms. The van der Waals surface area contributed by atoms with E-state index in [0.717, 1.165) is 22.4 Å². The first-order chi connectivity index (χ1) is 17.0. The van der Waals surface area contributed by atoms with Crippen molar-refractivity contribution < 1.29 is 9.59 Å². The molecular weight excluding hydrogens is 480 g/mol. The first kappa shape index (κ1) is 23.3. The first-order valence-electron chi connectivity index (χ1n) is 11.3. The number of aliphatic imine (C=N–C) groups is 2. The van der Waals surface area contributed by atoms with Gasteiger partial charge in [0.05, 0.1) is 10.9 Å². The number of fused-ring (bicyclic) bond motifs is 3. The molecule has 0 saturated heterocycles. The first-order valence-corrected chi connectivity index (χ1v) is 12.6. The minimum atomic E-state index is -0.623. The van der Waals surface area contributed by atoms with Crippen LogP contribution >= 0.6 is 23.4 Å². The summed E-state index contributed by atoms with van der Waals surface area (Å²) in [5.74, 6) is 0.166. The zero-order chi connectivity index (χ0) is 24.5. The fourth-order valence-electron chi connectivity index (χ4n) is 4.11. The maximum absolute atomic E-state index is 13.2. The highest BCUT2D eigenvalue weighted by Gasteiger charge is 2.43. The van der Waals surface area contributed by atoms with Crippen molar-refractivity contribution in [1.82, 2.24) is 4.90 Å². The van der Waals surface area contributed by atoms with Crippen LogP contribution in [0.3, 0.4) is 0 Å². The molecule has 176 valence electrons. The van der Waals surface area contributed by atoms with E-state index in [9.17, 15) is 9.59 Å². The van der Waals surface area contributed by atoms with E-state index in [4.69, 9.17) is 16.6 Å². The van der Waals surface area contributed by atoms with Gasteiger partial charge in [0.1, 0.15) is 11.9 Å². The Balaban J connectivity index is 1.48. The number of para-hydroxylation sites is 1. The van der Waals surface area contributed by atoms with E-state index in [0.29, 0.717) is 28.1 Å². The zero-order valence-electron chi connectivity index (χ0n) is 19.2. The van der Waals surface area contributed by atoms with E-state index < -0.39 is 11.3 Å². The van der Waals surface area contributed by atoms with Crippen LogP contribution in [0, 0.1) is 6.92 Å². The van der Waals surface area contributed by atoms with Gasteiger partial charge in [-0.15, -0.1) is 0 Å². The number of nitrogens with one attached hydrogen (secondary N) is 1. The Morgan fingerprint density at radius 2 is 1.83 bits per heavy atom. The summed E-state index contributed by atoms with van der Waals surface area (Å²) < 4.78 is 0. The molecule has 0 saturated carbocycles. The van der Waals surface area contributed by atoms with E-state index in [1.165, 1.54) is 11.8 Å². The lowest BCUT2D eigenvalue weighted by Gasteiger charge is -2.32. The number of amides is 2. The number of benzene rings is 3. The second-order valence-corrected chi connectivity index (χ2v) is 9.91. The molecule has 35 heavy (non-hydrogen) atoms. The number of aryl methyl sites for hydroxylation is 1. The minimum Gasteiger partial charge on any atom is -0.325 e. The molecule has 0 spiro atoms. The fourth-order valence-corrected chi connectivity index (χ4v) is 5.34. The predicted octanol–water partition coefficient (Wildman–Crippen LogP) is 6.13. The van der Waals surface area contributed by atoms with Crippen molar-refractivity contribution in [2.75, 3.05) is 5.32 Å². The molecule has 1 N–H and O–H groups in total. The quantitative estimate of drug-likeness (QED) is 0.455. The Morgan fingerprint density at radius 3 is 2.57 bits per heavy atom. The van der Waals surface area contributed by atoms with E-state index in [1.807, 2.05) is 85.5 Å². The van der Waals surface area contributed by atoms with Crippen LogP contribution < -0.4 is 5.32 Å². The summed E-state index contributed by atoms with van der Waals surface area (Å²) in [7, 11) is 0. The lowest BCUT2D eigenvalue weighted by Crippen LogP contribution is -2.40. The van der Waals surface area contributed by atoms with Gasteiger partial charge in [-0.2, -0.15) is 4.99 Å². The molecule has 3 aromatic carbocycles. The molecule has 0 radical (unpaired) electrons. The Labute approximate surface area is 213 Å². The van der Waals surface area contributed by atoms with Crippen LogP contribution in [0.5, 0.6) is 0 Å². The third-order valence-electron chi connectivity index (χ3n) is 5.97. The molecule has 2 aliphatic rings. The Hall–Kier alpha value is -3.42. The van der Waals surface area contributed by atoms with E-state index in [2.05, 4.69) is 10.3 Å². The van der Waals surface area contributed by atoms with Crippen LogP contribution in [0.1, 0.15) is 36.1 Å². The molecule has 6 nitrogen and oxygen atoms in total. The number of hydrogen-bond donors (Lipinski definition) is 1. The third-order valence-corrected chi connectivity index (χ3v) is 7.71. The monoisotopic (exact) mass is 502 g/mol. The summed E-state index contributed by atoms with van der Waals surface area (Å²) >= 11 is 7.57. The number of thioether (sulfide) groups is 1. The average Bonchev–Trinajstić information content (AvgIpc) is 3.22. The molecule has 3 aromatic rings. The topological polar surface area (TPSA) is 74.1 Å². The van der Waals surface area contributed by atoms with Crippen molar-refractivity contribution in [3.05, 3.63) is 94.5 Å². The number of nitrogens with zero attached hydrogens (tertiary/aromatic N) is 3. The number of carbonyl (C=O) groups excluding carboxylic acids is 2. The van der Waals surface area contributed by atoms with Crippen LogP contribution in [-0.2, 0) is 9.59 Å². The van der Waals surface area contributed by atoms with Gasteiger partial charge in [0.2, 0.25) is 5.91 Å². The van der Waals surface area contributed by atoms with Crippen LogP contribution in [0.15, 0.2) is 82.8 Å². The molecule has 0 aliphatic carbocycles. The second-order valence-electron chi connectivity index (χ2n) is 8.34. The molecule has 5 rings (SSSR count). The molecule has 2 amide bonds. The summed E-state index contributed by atoms with van der Waals surface area (Å²) in [6, 6.07) is 22.0. The van der Waals surface area contributed by atoms with Gasteiger partial charge in [-0.1, -0.05) is 78.8 Å². The van der Waals surface area contributed by atoms with E-state index in [1.54, 1.807) is 6.07 Å². The summed E-state index contributed by atoms with van der Waals surface area (Å²) in [5.41, 5.74) is 3.94. The van der Waals surface area contributed by atoms with Crippen molar-refractivity contribution in [3.63, 3.8) is 0 Å². The lowest BCUT2D eigenvalue weighted by molar-refractivity contribution is -0.119. The molecule has 2 atom stereocenters. The van der Waals surface area contributed by atoms with Crippen LogP contribution in [0.2, 0.25) is 5.02 Å². The van der Waals surface area contributed by atoms with Gasteiger partial charge in [0.15, 0.2) is 5.17 Å². The highest BCUT2D eigenvalue weighted by Crippen LogP contribution is 2.40. The SMILES string of the molecule is CCC(SC1=Nc2ccccc2C2=NC(=O)C(c3ccccc3)N12)C(=O)Nc1ccc(C)c(Cl)c1. The number of hydrogen-bond acceptors (Lipinski definition) is 5. The summed E-state index contributed by atoms with van der Waals surface area (Å²) in [6.45, 7) is 3.87. The molecular formula is C27H23ClN4O2S. The highest BCUT2D eigenvalue weighted by molar-refractivity contribution is 8.15. The minimum absolute atomic E-state index is 0.153. The third kappa shape index (κ3) is 4.49. The van der Waals surface area contributed by atoms with Crippen molar-refractivity contribution >= 4 is 57.6 Å². The zero-order valence-corrected chi connectivity index (χ0v) is 20.8. The molecule has 0 aromatic heterocycles. The van der Waals surface area contributed by atoms with Crippen LogP contribution in [-0.4, -0.2) is 33.0 Å². The number of halogens is 1. The fraction of sp³-hybridized carbons (Fsp3) is 0.185. The highest BCUT2D eigenvalue weighted by atomic mass is 35.5. The maximum Gasteiger partial charge on any atom is 0.275 e. The van der Waals surface area contributed by atoms with Gasteiger partial charge in [-0.25, -0.2) is 4.99 Å².